The third kappa shape index (κ3) is 52.1. The summed E-state index contributed by atoms with van der Waals surface area (Å²) in [6.07, 6.45) is 77.0. The van der Waals surface area contributed by atoms with Gasteiger partial charge in [0.05, 0.1) is 0 Å². The lowest BCUT2D eigenvalue weighted by Gasteiger charge is -2.18. The lowest BCUT2D eigenvalue weighted by molar-refractivity contribution is -0.167. The molecule has 0 spiro atoms. The van der Waals surface area contributed by atoms with Crippen molar-refractivity contribution >= 4 is 17.9 Å². The monoisotopic (exact) mass is 923 g/mol. The molecule has 1 atom stereocenters. The summed E-state index contributed by atoms with van der Waals surface area (Å²) in [4.78, 5) is 37.9. The molecule has 0 aromatic rings. The maximum atomic E-state index is 12.8. The molecule has 374 valence electrons. The van der Waals surface area contributed by atoms with E-state index in [1.165, 1.54) is 25.7 Å². The van der Waals surface area contributed by atoms with E-state index >= 15 is 0 Å². The molecule has 0 radical (unpaired) electrons. The van der Waals surface area contributed by atoms with Crippen LogP contribution in [0.2, 0.25) is 0 Å². The Kier molecular flexibility index (Phi) is 50.1. The van der Waals surface area contributed by atoms with Gasteiger partial charge in [-0.05, 0) is 128 Å². The van der Waals surface area contributed by atoms with Crippen molar-refractivity contribution in [3.8, 4) is 0 Å². The van der Waals surface area contributed by atoms with Gasteiger partial charge < -0.3 is 14.2 Å². The topological polar surface area (TPSA) is 78.9 Å². The predicted octanol–water partition coefficient (Wildman–Crippen LogP) is 17.6. The summed E-state index contributed by atoms with van der Waals surface area (Å²) in [6, 6.07) is 0. The first-order valence-electron chi connectivity index (χ1n) is 26.3. The maximum absolute atomic E-state index is 12.8. The second-order valence-electron chi connectivity index (χ2n) is 16.7. The summed E-state index contributed by atoms with van der Waals surface area (Å²) in [5.74, 6) is -1.05. The fourth-order valence-corrected chi connectivity index (χ4v) is 6.40. The molecule has 0 saturated carbocycles. The minimum Gasteiger partial charge on any atom is -0.462 e. The highest BCUT2D eigenvalue weighted by Crippen LogP contribution is 2.11. The third-order valence-electron chi connectivity index (χ3n) is 10.3. The van der Waals surface area contributed by atoms with Crippen LogP contribution in [0.1, 0.15) is 201 Å². The Labute approximate surface area is 410 Å². The van der Waals surface area contributed by atoms with Crippen molar-refractivity contribution in [3.05, 3.63) is 146 Å². The molecule has 67 heavy (non-hydrogen) atoms. The zero-order chi connectivity index (χ0) is 48.6. The quantitative estimate of drug-likeness (QED) is 0.0262. The van der Waals surface area contributed by atoms with Crippen LogP contribution < -0.4 is 0 Å². The molecule has 0 fully saturated rings. The van der Waals surface area contributed by atoms with Gasteiger partial charge in [-0.25, -0.2) is 0 Å². The molecular formula is C61H94O6. The fraction of sp³-hybridized carbons (Fsp3) is 0.557. The summed E-state index contributed by atoms with van der Waals surface area (Å²) < 4.78 is 16.7. The number of ether oxygens (including phenoxy) is 3. The van der Waals surface area contributed by atoms with Crippen LogP contribution in [0.3, 0.4) is 0 Å². The molecule has 0 aliphatic rings. The second kappa shape index (κ2) is 53.9. The standard InChI is InChI=1S/C61H94O6/c1-4-7-10-13-16-19-22-24-26-27-28-29-30-31-32-33-35-36-39-42-45-48-51-54-60(63)66-57-58(56-65-59(62)53-50-47-44-41-38-21-18-15-12-9-6-3)67-61(64)55-52-49-46-43-40-37-34-25-23-20-17-14-11-8-5-2/h7-8,10-11,15-20,24-26,28-29,31-32,34-36,40,42-43,45,58H,4-6,9,12-14,21-23,27,30,33,37-39,41,44,46-57H2,1-3H3/b10-7-,11-8-,18-15-,19-16-,20-17-,26-24-,29-28-,32-31-,34-25-,36-35-,43-40-,45-42-. The average molecular weight is 923 g/mol. The SMILES string of the molecule is CC/C=C\C/C=C\C/C=C\C/C=C\C/C=C\C/C=C\C/C=C\CCCC(=O)OCC(COC(=O)CCCCCCC/C=C\CCCC)OC(=O)CCCC/C=C\C/C=C\C/C=C\C/C=C\CC. The summed E-state index contributed by atoms with van der Waals surface area (Å²) in [6.45, 7) is 6.25. The summed E-state index contributed by atoms with van der Waals surface area (Å²) in [5, 5.41) is 0. The van der Waals surface area contributed by atoms with Crippen molar-refractivity contribution in [2.45, 2.75) is 207 Å². The van der Waals surface area contributed by atoms with E-state index in [0.29, 0.717) is 19.3 Å². The number of allylic oxidation sites excluding steroid dienone is 24. The van der Waals surface area contributed by atoms with Gasteiger partial charge in [-0.3, -0.25) is 14.4 Å². The Balaban J connectivity index is 4.54. The van der Waals surface area contributed by atoms with Crippen molar-refractivity contribution in [1.29, 1.82) is 0 Å². The van der Waals surface area contributed by atoms with Crippen molar-refractivity contribution in [2.75, 3.05) is 13.2 Å². The summed E-state index contributed by atoms with van der Waals surface area (Å²) >= 11 is 0. The Morgan fingerprint density at radius 3 is 1.01 bits per heavy atom. The van der Waals surface area contributed by atoms with Crippen LogP contribution in [0.5, 0.6) is 0 Å². The fourth-order valence-electron chi connectivity index (χ4n) is 6.40. The summed E-state index contributed by atoms with van der Waals surface area (Å²) in [7, 11) is 0. The zero-order valence-electron chi connectivity index (χ0n) is 42.6. The highest BCUT2D eigenvalue weighted by Gasteiger charge is 2.19. The van der Waals surface area contributed by atoms with Crippen molar-refractivity contribution in [2.24, 2.45) is 0 Å². The highest BCUT2D eigenvalue weighted by atomic mass is 16.6. The second-order valence-corrected chi connectivity index (χ2v) is 16.7. The van der Waals surface area contributed by atoms with Gasteiger partial charge in [-0.2, -0.15) is 0 Å². The Bertz CT molecular complexity index is 1530. The van der Waals surface area contributed by atoms with E-state index in [0.717, 1.165) is 122 Å². The van der Waals surface area contributed by atoms with E-state index in [4.69, 9.17) is 14.2 Å². The van der Waals surface area contributed by atoms with Crippen LogP contribution in [0.4, 0.5) is 0 Å². The maximum Gasteiger partial charge on any atom is 0.306 e. The van der Waals surface area contributed by atoms with Crippen LogP contribution >= 0.6 is 0 Å². The van der Waals surface area contributed by atoms with Crippen LogP contribution in [0.25, 0.3) is 0 Å². The third-order valence-corrected chi connectivity index (χ3v) is 10.3. The molecule has 0 saturated heterocycles. The van der Waals surface area contributed by atoms with Crippen LogP contribution in [-0.2, 0) is 28.6 Å². The minimum atomic E-state index is -0.832. The molecule has 1 unspecified atom stereocenters. The lowest BCUT2D eigenvalue weighted by Crippen LogP contribution is -2.30. The molecule has 6 nitrogen and oxygen atoms in total. The van der Waals surface area contributed by atoms with Crippen LogP contribution in [-0.4, -0.2) is 37.2 Å². The van der Waals surface area contributed by atoms with Gasteiger partial charge in [0, 0.05) is 19.3 Å². The van der Waals surface area contributed by atoms with Gasteiger partial charge in [0.15, 0.2) is 6.10 Å². The molecule has 0 amide bonds. The first kappa shape index (κ1) is 62.3. The van der Waals surface area contributed by atoms with Crippen LogP contribution in [0, 0.1) is 0 Å². The molecule has 0 aromatic heterocycles. The van der Waals surface area contributed by atoms with E-state index in [1.807, 2.05) is 0 Å². The molecule has 6 heteroatoms. The number of hydrogen-bond donors (Lipinski definition) is 0. The van der Waals surface area contributed by atoms with Crippen molar-refractivity contribution in [3.63, 3.8) is 0 Å². The van der Waals surface area contributed by atoms with E-state index in [1.54, 1.807) is 0 Å². The molecule has 0 aliphatic heterocycles. The predicted molar refractivity (Wildman–Crippen MR) is 288 cm³/mol. The van der Waals surface area contributed by atoms with E-state index in [2.05, 4.69) is 167 Å². The van der Waals surface area contributed by atoms with Gasteiger partial charge in [0.2, 0.25) is 0 Å². The van der Waals surface area contributed by atoms with Crippen molar-refractivity contribution < 1.29 is 28.6 Å². The Morgan fingerprint density at radius 1 is 0.313 bits per heavy atom. The Morgan fingerprint density at radius 2 is 0.597 bits per heavy atom. The van der Waals surface area contributed by atoms with Gasteiger partial charge in [-0.1, -0.05) is 199 Å². The van der Waals surface area contributed by atoms with Crippen molar-refractivity contribution in [1.82, 2.24) is 0 Å². The van der Waals surface area contributed by atoms with Gasteiger partial charge >= 0.3 is 17.9 Å². The number of carbonyl (C=O) groups excluding carboxylic acids is 3. The molecule has 0 N–H and O–H groups in total. The molecule has 0 bridgehead atoms. The highest BCUT2D eigenvalue weighted by molar-refractivity contribution is 5.71. The van der Waals surface area contributed by atoms with E-state index in [-0.39, 0.29) is 44.0 Å². The number of esters is 3. The van der Waals surface area contributed by atoms with Crippen LogP contribution in [0.15, 0.2) is 146 Å². The van der Waals surface area contributed by atoms with E-state index < -0.39 is 6.10 Å². The smallest absolute Gasteiger partial charge is 0.306 e. The molecule has 0 aliphatic carbocycles. The van der Waals surface area contributed by atoms with E-state index in [9.17, 15) is 14.4 Å². The average Bonchev–Trinajstić information content (AvgIpc) is 3.33. The normalized spacial score (nSPS) is 13.3. The molecule has 0 rings (SSSR count). The number of hydrogen-bond acceptors (Lipinski definition) is 6. The lowest BCUT2D eigenvalue weighted by atomic mass is 10.1. The first-order valence-corrected chi connectivity index (χ1v) is 26.3. The number of rotatable bonds is 45. The largest absolute Gasteiger partial charge is 0.462 e. The molecule has 0 heterocycles. The Hall–Kier alpha value is -4.71. The number of unbranched alkanes of at least 4 members (excludes halogenated alkanes) is 10. The van der Waals surface area contributed by atoms with Gasteiger partial charge in [0.1, 0.15) is 13.2 Å². The van der Waals surface area contributed by atoms with Gasteiger partial charge in [0.25, 0.3) is 0 Å². The zero-order valence-corrected chi connectivity index (χ0v) is 42.6. The summed E-state index contributed by atoms with van der Waals surface area (Å²) in [5.41, 5.74) is 0. The first-order chi connectivity index (χ1) is 33.0. The number of carbonyl (C=O) groups is 3. The molecular weight excluding hydrogens is 829 g/mol. The van der Waals surface area contributed by atoms with Gasteiger partial charge in [-0.15, -0.1) is 0 Å². The minimum absolute atomic E-state index is 0.124. The molecule has 0 aromatic carbocycles.